The molecule has 1 aliphatic heterocycles. The number of aromatic amines is 1. The van der Waals surface area contributed by atoms with E-state index in [9.17, 15) is 19.8 Å². The van der Waals surface area contributed by atoms with Gasteiger partial charge in [0, 0.05) is 0 Å². The van der Waals surface area contributed by atoms with Crippen molar-refractivity contribution in [2.24, 2.45) is 0 Å². The van der Waals surface area contributed by atoms with Crippen molar-refractivity contribution in [2.75, 3.05) is 6.61 Å². The predicted molar refractivity (Wildman–Crippen MR) is 52.1 cm³/mol. The largest absolute Gasteiger partial charge is 0.394 e. The van der Waals surface area contributed by atoms with Crippen LogP contribution in [0.1, 0.15) is 6.23 Å². The smallest absolute Gasteiger partial charge is 0.350 e. The van der Waals surface area contributed by atoms with Crippen LogP contribution >= 0.6 is 0 Å². The second-order valence-electron chi connectivity index (χ2n) is 3.62. The summed E-state index contributed by atoms with van der Waals surface area (Å²) in [5.74, 6) is 0. The van der Waals surface area contributed by atoms with E-state index in [0.717, 1.165) is 10.9 Å². The van der Waals surface area contributed by atoms with Gasteiger partial charge in [-0.3, -0.25) is 9.55 Å². The molecule has 0 radical (unpaired) electrons. The maximum atomic E-state index is 11.4. The highest BCUT2D eigenvalue weighted by molar-refractivity contribution is 4.89. The maximum absolute atomic E-state index is 11.4. The number of nitrogens with one attached hydrogen (secondary N) is 1. The Balaban J connectivity index is 2.35. The summed E-state index contributed by atoms with van der Waals surface area (Å²) in [6.07, 6.45) is -3.99. The number of ether oxygens (including phenoxy) is 1. The highest BCUT2D eigenvalue weighted by Gasteiger charge is 2.43. The van der Waals surface area contributed by atoms with E-state index in [1.54, 1.807) is 0 Å². The van der Waals surface area contributed by atoms with Crippen LogP contribution < -0.4 is 11.4 Å². The average Bonchev–Trinajstić information content (AvgIpc) is 2.57. The third kappa shape index (κ3) is 2.00. The molecule has 0 bridgehead atoms. The normalized spacial score (nSPS) is 32.9. The van der Waals surface area contributed by atoms with Gasteiger partial charge in [0.25, 0.3) is 0 Å². The lowest BCUT2D eigenvalue weighted by Gasteiger charge is -2.15. The zero-order chi connectivity index (χ0) is 12.6. The minimum Gasteiger partial charge on any atom is -0.394 e. The van der Waals surface area contributed by atoms with Crippen molar-refractivity contribution >= 4 is 0 Å². The molecule has 1 unspecified atom stereocenters. The Bertz CT molecular complexity index is 510. The molecule has 1 aromatic rings. The monoisotopic (exact) mass is 245 g/mol. The van der Waals surface area contributed by atoms with Crippen LogP contribution in [0.15, 0.2) is 15.9 Å². The van der Waals surface area contributed by atoms with E-state index >= 15 is 0 Å². The predicted octanol–water partition coefficient (Wildman–Crippen LogP) is -3.46. The van der Waals surface area contributed by atoms with Crippen LogP contribution in [0, 0.1) is 0 Å². The number of aliphatic hydroxyl groups excluding tert-OH is 3. The van der Waals surface area contributed by atoms with Crippen LogP contribution in [0.4, 0.5) is 0 Å². The molecule has 1 aliphatic rings. The molecule has 9 nitrogen and oxygen atoms in total. The fraction of sp³-hybridized carbons (Fsp3) is 0.625. The van der Waals surface area contributed by atoms with Gasteiger partial charge in [0.1, 0.15) is 24.6 Å². The summed E-state index contributed by atoms with van der Waals surface area (Å²) in [4.78, 5) is 27.4. The lowest BCUT2D eigenvalue weighted by atomic mass is 10.1. The molecule has 2 heterocycles. The number of H-pyrrole nitrogens is 1. The Morgan fingerprint density at radius 1 is 1.41 bits per heavy atom. The average molecular weight is 245 g/mol. The van der Waals surface area contributed by atoms with E-state index in [4.69, 9.17) is 9.84 Å². The fourth-order valence-corrected chi connectivity index (χ4v) is 1.65. The first kappa shape index (κ1) is 11.9. The topological polar surface area (TPSA) is 138 Å². The number of hydrogen-bond acceptors (Lipinski definition) is 7. The van der Waals surface area contributed by atoms with E-state index in [1.807, 2.05) is 4.98 Å². The number of nitrogens with zero attached hydrogens (tertiary/aromatic N) is 2. The molecule has 0 amide bonds. The first-order valence-electron chi connectivity index (χ1n) is 4.84. The molecule has 0 spiro atoms. The van der Waals surface area contributed by atoms with Gasteiger partial charge in [-0.25, -0.2) is 9.59 Å². The summed E-state index contributed by atoms with van der Waals surface area (Å²) in [5, 5.41) is 28.0. The molecule has 1 aromatic heterocycles. The van der Waals surface area contributed by atoms with Crippen LogP contribution in [0.5, 0.6) is 0 Å². The highest BCUT2D eigenvalue weighted by atomic mass is 16.6. The van der Waals surface area contributed by atoms with Crippen molar-refractivity contribution < 1.29 is 20.1 Å². The molecule has 0 saturated carbocycles. The minimum absolute atomic E-state index is 0.500. The maximum Gasteiger partial charge on any atom is 0.350 e. The van der Waals surface area contributed by atoms with Gasteiger partial charge in [-0.2, -0.15) is 4.98 Å². The molecule has 9 heteroatoms. The Kier molecular flexibility index (Phi) is 3.07. The van der Waals surface area contributed by atoms with Gasteiger partial charge in [-0.15, -0.1) is 0 Å². The molecule has 94 valence electrons. The molecular weight excluding hydrogens is 234 g/mol. The number of rotatable bonds is 2. The molecule has 1 saturated heterocycles. The highest BCUT2D eigenvalue weighted by Crippen LogP contribution is 2.27. The Morgan fingerprint density at radius 2 is 2.12 bits per heavy atom. The summed E-state index contributed by atoms with van der Waals surface area (Å²) in [5.41, 5.74) is -1.64. The molecular formula is C8H11N3O6. The molecule has 0 aliphatic carbocycles. The lowest BCUT2D eigenvalue weighted by Crippen LogP contribution is -2.38. The van der Waals surface area contributed by atoms with Crippen LogP contribution in [-0.2, 0) is 4.74 Å². The first-order chi connectivity index (χ1) is 8.04. The number of hydrogen-bond donors (Lipinski definition) is 4. The van der Waals surface area contributed by atoms with Crippen LogP contribution in [-0.4, -0.2) is 54.8 Å². The summed E-state index contributed by atoms with van der Waals surface area (Å²) in [6.45, 7) is -0.500. The van der Waals surface area contributed by atoms with Crippen molar-refractivity contribution in [1.82, 2.24) is 14.5 Å². The molecule has 4 atom stereocenters. The summed E-state index contributed by atoms with van der Waals surface area (Å²) in [7, 11) is 0. The summed E-state index contributed by atoms with van der Waals surface area (Å²) < 4.78 is 5.93. The van der Waals surface area contributed by atoms with Gasteiger partial charge in [0.05, 0.1) is 6.61 Å². The molecule has 2 rings (SSSR count). The van der Waals surface area contributed by atoms with E-state index in [-0.39, 0.29) is 0 Å². The molecule has 1 fully saturated rings. The lowest BCUT2D eigenvalue weighted by molar-refractivity contribution is -0.0555. The quantitative estimate of drug-likeness (QED) is 0.425. The van der Waals surface area contributed by atoms with E-state index in [0.29, 0.717) is 0 Å². The van der Waals surface area contributed by atoms with E-state index in [1.165, 1.54) is 0 Å². The Labute approximate surface area is 93.9 Å². The molecule has 17 heavy (non-hydrogen) atoms. The van der Waals surface area contributed by atoms with Gasteiger partial charge in [0.2, 0.25) is 0 Å². The SMILES string of the molecule is O=c1ncn([C@@H]2O[C@H](CO)C(O)[C@@H]2O)c(=O)[nH]1. The van der Waals surface area contributed by atoms with Crippen LogP contribution in [0.2, 0.25) is 0 Å². The fourth-order valence-electron chi connectivity index (χ4n) is 1.65. The van der Waals surface area contributed by atoms with E-state index < -0.39 is 42.5 Å². The van der Waals surface area contributed by atoms with Crippen LogP contribution in [0.3, 0.4) is 0 Å². The molecule has 0 aromatic carbocycles. The van der Waals surface area contributed by atoms with Gasteiger partial charge in [-0.05, 0) is 0 Å². The minimum atomic E-state index is -1.39. The number of aromatic nitrogens is 3. The van der Waals surface area contributed by atoms with Crippen molar-refractivity contribution in [3.63, 3.8) is 0 Å². The van der Waals surface area contributed by atoms with Crippen molar-refractivity contribution in [2.45, 2.75) is 24.5 Å². The standard InChI is InChI=1S/C8H11N3O6/c12-1-3-4(13)5(14)6(17-3)11-2-9-7(15)10-8(11)16/h2-6,12-14H,1H2,(H,10,15,16)/t3-,4?,5+,6-/m1/s1. The third-order valence-corrected chi connectivity index (χ3v) is 2.54. The third-order valence-electron chi connectivity index (χ3n) is 2.54. The zero-order valence-electron chi connectivity index (χ0n) is 8.55. The second kappa shape index (κ2) is 4.37. The van der Waals surface area contributed by atoms with E-state index in [2.05, 4.69) is 4.98 Å². The van der Waals surface area contributed by atoms with Crippen molar-refractivity contribution in [3.05, 3.63) is 27.3 Å². The van der Waals surface area contributed by atoms with Crippen molar-refractivity contribution in [1.29, 1.82) is 0 Å². The first-order valence-corrected chi connectivity index (χ1v) is 4.84. The number of aliphatic hydroxyl groups is 3. The Hall–Kier alpha value is -1.55. The van der Waals surface area contributed by atoms with Crippen LogP contribution in [0.25, 0.3) is 0 Å². The van der Waals surface area contributed by atoms with Gasteiger partial charge in [-0.1, -0.05) is 0 Å². The van der Waals surface area contributed by atoms with Gasteiger partial charge < -0.3 is 20.1 Å². The zero-order valence-corrected chi connectivity index (χ0v) is 8.55. The summed E-state index contributed by atoms with van der Waals surface area (Å²) >= 11 is 0. The van der Waals surface area contributed by atoms with Crippen molar-refractivity contribution in [3.8, 4) is 0 Å². The Morgan fingerprint density at radius 3 is 2.65 bits per heavy atom. The van der Waals surface area contributed by atoms with Gasteiger partial charge in [0.15, 0.2) is 6.23 Å². The summed E-state index contributed by atoms with van der Waals surface area (Å²) in [6, 6.07) is 0. The molecule has 4 N–H and O–H groups in total. The second-order valence-corrected chi connectivity index (χ2v) is 3.62. The van der Waals surface area contributed by atoms with Gasteiger partial charge >= 0.3 is 11.4 Å².